The molecule has 80 valence electrons. The van der Waals surface area contributed by atoms with E-state index in [1.54, 1.807) is 16.4 Å². The lowest BCUT2D eigenvalue weighted by atomic mass is 10.1. The van der Waals surface area contributed by atoms with E-state index in [9.17, 15) is 0 Å². The second-order valence-corrected chi connectivity index (χ2v) is 4.56. The number of nitrogens with zero attached hydrogens (tertiary/aromatic N) is 4. The molecule has 2 heterocycles. The van der Waals surface area contributed by atoms with Crippen LogP contribution in [0.25, 0.3) is 0 Å². The van der Waals surface area contributed by atoms with Crippen molar-refractivity contribution in [1.29, 1.82) is 0 Å². The van der Waals surface area contributed by atoms with Gasteiger partial charge in [0.05, 0.1) is 23.6 Å². The molecule has 0 aliphatic carbocycles. The van der Waals surface area contributed by atoms with Crippen molar-refractivity contribution in [1.82, 2.24) is 9.78 Å². The first-order valence-electron chi connectivity index (χ1n) is 5.04. The molecule has 0 unspecified atom stereocenters. The van der Waals surface area contributed by atoms with E-state index >= 15 is 0 Å². The number of hydrogen-bond acceptors (Lipinski definition) is 3. The Bertz CT molecular complexity index is 544. The summed E-state index contributed by atoms with van der Waals surface area (Å²) in [7, 11) is 1.91. The Morgan fingerprint density at radius 2 is 2.12 bits per heavy atom. The van der Waals surface area contributed by atoms with Crippen LogP contribution in [-0.4, -0.2) is 21.2 Å². The Hall–Kier alpha value is -1.62. The maximum atomic E-state index is 4.57. The van der Waals surface area contributed by atoms with Gasteiger partial charge in [0.2, 0.25) is 6.33 Å². The van der Waals surface area contributed by atoms with Gasteiger partial charge in [0.25, 0.3) is 0 Å². The third-order valence-corrected chi connectivity index (χ3v) is 3.33. The largest absolute Gasteiger partial charge is 0.360 e. The summed E-state index contributed by atoms with van der Waals surface area (Å²) in [6.45, 7) is 0. The highest BCUT2D eigenvalue weighted by molar-refractivity contribution is 7.99. The second kappa shape index (κ2) is 3.75. The summed E-state index contributed by atoms with van der Waals surface area (Å²) >= 11 is 1.71. The van der Waals surface area contributed by atoms with Gasteiger partial charge in [-0.3, -0.25) is 0 Å². The van der Waals surface area contributed by atoms with Crippen LogP contribution >= 0.6 is 11.8 Å². The number of fused-ring (bicyclic) bond motifs is 1. The lowest BCUT2D eigenvalue weighted by Crippen LogP contribution is -2.34. The van der Waals surface area contributed by atoms with Crippen molar-refractivity contribution in [2.24, 2.45) is 12.1 Å². The first-order chi connectivity index (χ1) is 7.83. The summed E-state index contributed by atoms with van der Waals surface area (Å²) in [6.07, 6.45) is 1.88. The van der Waals surface area contributed by atoms with Crippen molar-refractivity contribution >= 4 is 17.5 Å². The number of aromatic nitrogens is 3. The van der Waals surface area contributed by atoms with Crippen LogP contribution in [0.15, 0.2) is 46.9 Å². The molecular weight excluding hydrogens is 220 g/mol. The number of thioether (sulfide) groups is 1. The van der Waals surface area contributed by atoms with Gasteiger partial charge in [-0.25, -0.2) is 0 Å². The summed E-state index contributed by atoms with van der Waals surface area (Å²) in [5.74, 6) is 0.876. The predicted molar refractivity (Wildman–Crippen MR) is 62.5 cm³/mol. The van der Waals surface area contributed by atoms with E-state index in [1.165, 1.54) is 5.56 Å². The Kier molecular flexibility index (Phi) is 2.25. The standard InChI is InChI=1S/C11H11N4S/c1-14-8-15-11(13-14)16-7-10(12-15)9-5-3-2-4-6-9/h2-6,8H,7H2,1H3/q+1. The molecule has 0 atom stereocenters. The van der Waals surface area contributed by atoms with Gasteiger partial charge in [0.15, 0.2) is 0 Å². The van der Waals surface area contributed by atoms with Crippen LogP contribution in [0.3, 0.4) is 0 Å². The number of aryl methyl sites for hydroxylation is 1. The van der Waals surface area contributed by atoms with Gasteiger partial charge in [-0.2, -0.15) is 0 Å². The molecule has 4 nitrogen and oxygen atoms in total. The van der Waals surface area contributed by atoms with Gasteiger partial charge in [-0.05, 0) is 17.3 Å². The van der Waals surface area contributed by atoms with E-state index in [1.807, 2.05) is 36.3 Å². The van der Waals surface area contributed by atoms with Gasteiger partial charge in [-0.1, -0.05) is 35.0 Å². The number of rotatable bonds is 1. The average molecular weight is 231 g/mol. The third kappa shape index (κ3) is 1.63. The fourth-order valence-electron chi connectivity index (χ4n) is 1.64. The van der Waals surface area contributed by atoms with Crippen LogP contribution in [-0.2, 0) is 7.05 Å². The molecular formula is C11H11N4S+. The van der Waals surface area contributed by atoms with E-state index in [2.05, 4.69) is 22.3 Å². The van der Waals surface area contributed by atoms with Crippen molar-refractivity contribution in [3.05, 3.63) is 42.2 Å². The summed E-state index contributed by atoms with van der Waals surface area (Å²) in [5, 5.41) is 9.83. The van der Waals surface area contributed by atoms with Crippen molar-refractivity contribution in [2.45, 2.75) is 5.16 Å². The molecule has 16 heavy (non-hydrogen) atoms. The minimum absolute atomic E-state index is 0.876. The molecule has 0 spiro atoms. The van der Waals surface area contributed by atoms with Crippen molar-refractivity contribution in [3.63, 3.8) is 0 Å². The maximum Gasteiger partial charge on any atom is 0.360 e. The zero-order chi connectivity index (χ0) is 11.0. The van der Waals surface area contributed by atoms with Crippen molar-refractivity contribution in [2.75, 3.05) is 5.75 Å². The quantitative estimate of drug-likeness (QED) is 0.688. The lowest BCUT2D eigenvalue weighted by molar-refractivity contribution is -0.717. The topological polar surface area (TPSA) is 34.1 Å². The van der Waals surface area contributed by atoms with Gasteiger partial charge < -0.3 is 0 Å². The van der Waals surface area contributed by atoms with Crippen LogP contribution in [0, 0.1) is 0 Å². The average Bonchev–Trinajstić information content (AvgIpc) is 2.69. The van der Waals surface area contributed by atoms with E-state index in [4.69, 9.17) is 0 Å². The molecule has 2 aromatic rings. The number of hydrogen-bond donors (Lipinski definition) is 0. The minimum atomic E-state index is 0.876. The molecule has 0 amide bonds. The van der Waals surface area contributed by atoms with Crippen molar-refractivity contribution < 1.29 is 4.68 Å². The zero-order valence-corrected chi connectivity index (χ0v) is 9.68. The van der Waals surface area contributed by atoms with Crippen LogP contribution in [0.4, 0.5) is 0 Å². The number of benzene rings is 1. The fraction of sp³-hybridized carbons (Fsp3) is 0.182. The Morgan fingerprint density at radius 1 is 1.31 bits per heavy atom. The second-order valence-electron chi connectivity index (χ2n) is 3.62. The van der Waals surface area contributed by atoms with Crippen LogP contribution in [0.2, 0.25) is 0 Å². The van der Waals surface area contributed by atoms with Crippen LogP contribution in [0.1, 0.15) is 5.56 Å². The van der Waals surface area contributed by atoms with Crippen LogP contribution < -0.4 is 4.68 Å². The Morgan fingerprint density at radius 3 is 2.94 bits per heavy atom. The molecule has 1 aliphatic heterocycles. The first kappa shape index (κ1) is 9.59. The van der Waals surface area contributed by atoms with Crippen LogP contribution in [0.5, 0.6) is 0 Å². The molecule has 0 fully saturated rings. The van der Waals surface area contributed by atoms with Gasteiger partial charge >= 0.3 is 5.16 Å². The molecule has 0 saturated carbocycles. The smallest absolute Gasteiger partial charge is 0.115 e. The predicted octanol–water partition coefficient (Wildman–Crippen LogP) is 1.07. The van der Waals surface area contributed by atoms with Gasteiger partial charge in [0.1, 0.15) is 0 Å². The molecule has 0 N–H and O–H groups in total. The normalized spacial score (nSPS) is 14.4. The fourth-order valence-corrected chi connectivity index (χ4v) is 2.54. The van der Waals surface area contributed by atoms with E-state index in [0.29, 0.717) is 0 Å². The summed E-state index contributed by atoms with van der Waals surface area (Å²) < 4.78 is 3.61. The van der Waals surface area contributed by atoms with E-state index in [-0.39, 0.29) is 0 Å². The lowest BCUT2D eigenvalue weighted by Gasteiger charge is -2.07. The molecule has 0 saturated heterocycles. The zero-order valence-electron chi connectivity index (χ0n) is 8.87. The summed E-state index contributed by atoms with van der Waals surface area (Å²) in [5.41, 5.74) is 2.27. The van der Waals surface area contributed by atoms with Gasteiger partial charge in [0, 0.05) is 0 Å². The molecule has 0 bridgehead atoms. The van der Waals surface area contributed by atoms with Crippen molar-refractivity contribution in [3.8, 4) is 0 Å². The third-order valence-electron chi connectivity index (χ3n) is 2.39. The Labute approximate surface area is 97.6 Å². The SMILES string of the molecule is Cn1c[n+]2c(n1)SCC(c1ccccc1)=N2. The van der Waals surface area contributed by atoms with E-state index in [0.717, 1.165) is 16.6 Å². The highest BCUT2D eigenvalue weighted by atomic mass is 32.2. The Balaban J connectivity index is 2.03. The maximum absolute atomic E-state index is 4.57. The molecule has 1 aromatic heterocycles. The molecule has 1 aliphatic rings. The highest BCUT2D eigenvalue weighted by Crippen LogP contribution is 2.17. The molecule has 0 radical (unpaired) electrons. The van der Waals surface area contributed by atoms with E-state index < -0.39 is 0 Å². The molecule has 5 heteroatoms. The molecule has 3 rings (SSSR count). The highest BCUT2D eigenvalue weighted by Gasteiger charge is 2.22. The first-order valence-corrected chi connectivity index (χ1v) is 6.03. The summed E-state index contributed by atoms with van der Waals surface area (Å²) in [6, 6.07) is 10.3. The molecule has 1 aromatic carbocycles. The summed E-state index contributed by atoms with van der Waals surface area (Å²) in [4.78, 5) is 0. The van der Waals surface area contributed by atoms with Gasteiger partial charge in [-0.15, -0.1) is 9.78 Å². The minimum Gasteiger partial charge on any atom is -0.115 e. The monoisotopic (exact) mass is 231 g/mol.